The van der Waals surface area contributed by atoms with Crippen molar-refractivity contribution in [2.75, 3.05) is 26.3 Å². The molecule has 1 N–H and O–H groups in total. The molecule has 0 aliphatic carbocycles. The molecule has 0 atom stereocenters. The van der Waals surface area contributed by atoms with Crippen LogP contribution in [0.5, 0.6) is 0 Å². The Morgan fingerprint density at radius 3 is 2.64 bits per heavy atom. The van der Waals surface area contributed by atoms with E-state index in [0.717, 1.165) is 39.1 Å². The molecule has 0 amide bonds. The molecule has 0 aromatic rings. The second-order valence-corrected chi connectivity index (χ2v) is 4.05. The molecule has 3 heteroatoms. The van der Waals surface area contributed by atoms with Crippen molar-refractivity contribution in [2.24, 2.45) is 5.41 Å². The molecule has 0 saturated carbocycles. The largest absolute Gasteiger partial charge is 0.380 e. The quantitative estimate of drug-likeness (QED) is 0.606. The molecule has 82 valence electrons. The second kappa shape index (κ2) is 7.78. The van der Waals surface area contributed by atoms with Gasteiger partial charge in [0.2, 0.25) is 0 Å². The molecule has 0 bridgehead atoms. The maximum absolute atomic E-state index is 8.78. The molecular weight excluding hydrogens is 176 g/mol. The predicted octanol–water partition coefficient (Wildman–Crippen LogP) is 1.94. The van der Waals surface area contributed by atoms with Gasteiger partial charge in [0.1, 0.15) is 0 Å². The minimum Gasteiger partial charge on any atom is -0.380 e. The Morgan fingerprint density at radius 2 is 2.07 bits per heavy atom. The van der Waals surface area contributed by atoms with E-state index in [4.69, 9.17) is 10.00 Å². The molecule has 0 rings (SSSR count). The zero-order valence-electron chi connectivity index (χ0n) is 9.60. The van der Waals surface area contributed by atoms with Crippen LogP contribution >= 0.6 is 0 Å². The SMILES string of the molecule is CCOCCNCCCC(C)(C)C#N. The topological polar surface area (TPSA) is 45.0 Å². The molecule has 14 heavy (non-hydrogen) atoms. The minimum atomic E-state index is -0.179. The van der Waals surface area contributed by atoms with Crippen LogP contribution in [0.1, 0.15) is 33.6 Å². The normalized spacial score (nSPS) is 11.3. The number of nitrogens with one attached hydrogen (secondary N) is 1. The van der Waals surface area contributed by atoms with E-state index < -0.39 is 0 Å². The first-order valence-corrected chi connectivity index (χ1v) is 5.32. The van der Waals surface area contributed by atoms with Gasteiger partial charge in [0.15, 0.2) is 0 Å². The zero-order chi connectivity index (χ0) is 10.9. The predicted molar refractivity (Wildman–Crippen MR) is 58.0 cm³/mol. The van der Waals surface area contributed by atoms with E-state index in [0.29, 0.717) is 0 Å². The van der Waals surface area contributed by atoms with Crippen LogP contribution in [0.15, 0.2) is 0 Å². The Balaban J connectivity index is 3.18. The zero-order valence-corrected chi connectivity index (χ0v) is 9.60. The van der Waals surface area contributed by atoms with E-state index in [1.54, 1.807) is 0 Å². The highest BCUT2D eigenvalue weighted by Gasteiger charge is 2.14. The van der Waals surface area contributed by atoms with Crippen LogP contribution in [0.25, 0.3) is 0 Å². The first kappa shape index (κ1) is 13.4. The lowest BCUT2D eigenvalue weighted by Gasteiger charge is -2.14. The number of rotatable bonds is 8. The van der Waals surface area contributed by atoms with E-state index in [9.17, 15) is 0 Å². The summed E-state index contributed by atoms with van der Waals surface area (Å²) in [6.07, 6.45) is 2.00. The molecule has 0 aliphatic rings. The van der Waals surface area contributed by atoms with Crippen LogP contribution < -0.4 is 5.32 Å². The Bertz CT molecular complexity index is 173. The number of hydrogen-bond donors (Lipinski definition) is 1. The van der Waals surface area contributed by atoms with Crippen LogP contribution in [0.4, 0.5) is 0 Å². The number of nitrogens with zero attached hydrogens (tertiary/aromatic N) is 1. The molecule has 3 nitrogen and oxygen atoms in total. The molecule has 0 aromatic heterocycles. The van der Waals surface area contributed by atoms with Crippen molar-refractivity contribution in [3.05, 3.63) is 0 Å². The fraction of sp³-hybridized carbons (Fsp3) is 0.909. The fourth-order valence-electron chi connectivity index (χ4n) is 1.12. The molecule has 0 unspecified atom stereocenters. The van der Waals surface area contributed by atoms with Gasteiger partial charge in [-0.3, -0.25) is 0 Å². The van der Waals surface area contributed by atoms with Crippen molar-refractivity contribution in [2.45, 2.75) is 33.6 Å². The van der Waals surface area contributed by atoms with Crippen LogP contribution in [-0.2, 0) is 4.74 Å². The van der Waals surface area contributed by atoms with Gasteiger partial charge in [0.25, 0.3) is 0 Å². The fourth-order valence-corrected chi connectivity index (χ4v) is 1.12. The summed E-state index contributed by atoms with van der Waals surface area (Å²) in [4.78, 5) is 0. The summed E-state index contributed by atoms with van der Waals surface area (Å²) in [6, 6.07) is 2.30. The van der Waals surface area contributed by atoms with Crippen molar-refractivity contribution < 1.29 is 4.74 Å². The van der Waals surface area contributed by atoms with Crippen molar-refractivity contribution in [1.82, 2.24) is 5.32 Å². The lowest BCUT2D eigenvalue weighted by Crippen LogP contribution is -2.22. The first-order valence-electron chi connectivity index (χ1n) is 5.32. The van der Waals surface area contributed by atoms with Crippen LogP contribution in [0.3, 0.4) is 0 Å². The molecule has 0 heterocycles. The van der Waals surface area contributed by atoms with E-state index in [1.165, 1.54) is 0 Å². The Morgan fingerprint density at radius 1 is 1.36 bits per heavy atom. The Hall–Kier alpha value is -0.590. The van der Waals surface area contributed by atoms with Gasteiger partial charge in [-0.25, -0.2) is 0 Å². The van der Waals surface area contributed by atoms with Gasteiger partial charge in [0.05, 0.1) is 18.1 Å². The summed E-state index contributed by atoms with van der Waals surface area (Å²) in [5, 5.41) is 12.1. The summed E-state index contributed by atoms with van der Waals surface area (Å²) in [7, 11) is 0. The van der Waals surface area contributed by atoms with Crippen molar-refractivity contribution >= 4 is 0 Å². The Labute approximate surface area is 87.4 Å². The summed E-state index contributed by atoms with van der Waals surface area (Å²) in [5.74, 6) is 0. The van der Waals surface area contributed by atoms with Crippen LogP contribution in [0, 0.1) is 16.7 Å². The Kier molecular flexibility index (Phi) is 7.45. The van der Waals surface area contributed by atoms with Gasteiger partial charge >= 0.3 is 0 Å². The molecule has 0 fully saturated rings. The average molecular weight is 198 g/mol. The minimum absolute atomic E-state index is 0.179. The average Bonchev–Trinajstić information content (AvgIpc) is 2.16. The van der Waals surface area contributed by atoms with Gasteiger partial charge < -0.3 is 10.1 Å². The maximum atomic E-state index is 8.78. The molecule has 0 radical (unpaired) electrons. The smallest absolute Gasteiger partial charge is 0.0683 e. The lowest BCUT2D eigenvalue weighted by molar-refractivity contribution is 0.149. The third kappa shape index (κ3) is 8.03. The van der Waals surface area contributed by atoms with E-state index >= 15 is 0 Å². The summed E-state index contributed by atoms with van der Waals surface area (Å²) >= 11 is 0. The van der Waals surface area contributed by atoms with Gasteiger partial charge in [-0.2, -0.15) is 5.26 Å². The third-order valence-electron chi connectivity index (χ3n) is 2.09. The molecule has 0 saturated heterocycles. The third-order valence-corrected chi connectivity index (χ3v) is 2.09. The monoisotopic (exact) mass is 198 g/mol. The van der Waals surface area contributed by atoms with Gasteiger partial charge in [-0.1, -0.05) is 0 Å². The number of hydrogen-bond acceptors (Lipinski definition) is 3. The number of ether oxygens (including phenoxy) is 1. The standard InChI is InChI=1S/C11H22N2O/c1-4-14-9-8-13-7-5-6-11(2,3)10-12/h13H,4-9H2,1-3H3. The van der Waals surface area contributed by atoms with Crippen molar-refractivity contribution in [3.8, 4) is 6.07 Å². The highest BCUT2D eigenvalue weighted by Crippen LogP contribution is 2.19. The summed E-state index contributed by atoms with van der Waals surface area (Å²) in [6.45, 7) is 9.39. The molecule has 0 spiro atoms. The highest BCUT2D eigenvalue weighted by molar-refractivity contribution is 4.91. The van der Waals surface area contributed by atoms with Crippen LogP contribution in [-0.4, -0.2) is 26.3 Å². The highest BCUT2D eigenvalue weighted by atomic mass is 16.5. The van der Waals surface area contributed by atoms with E-state index in [-0.39, 0.29) is 5.41 Å². The van der Waals surface area contributed by atoms with E-state index in [1.807, 2.05) is 20.8 Å². The van der Waals surface area contributed by atoms with Crippen molar-refractivity contribution in [3.63, 3.8) is 0 Å². The molecule has 0 aromatic carbocycles. The molecule has 0 aliphatic heterocycles. The first-order chi connectivity index (χ1) is 6.62. The number of nitriles is 1. The maximum Gasteiger partial charge on any atom is 0.0683 e. The molecular formula is C11H22N2O. The van der Waals surface area contributed by atoms with Gasteiger partial charge in [-0.15, -0.1) is 0 Å². The summed E-state index contributed by atoms with van der Waals surface area (Å²) in [5.41, 5.74) is -0.179. The van der Waals surface area contributed by atoms with Gasteiger partial charge in [-0.05, 0) is 40.2 Å². The lowest BCUT2D eigenvalue weighted by atomic mass is 9.90. The second-order valence-electron chi connectivity index (χ2n) is 4.05. The van der Waals surface area contributed by atoms with E-state index in [2.05, 4.69) is 11.4 Å². The summed E-state index contributed by atoms with van der Waals surface area (Å²) < 4.78 is 5.19. The van der Waals surface area contributed by atoms with Gasteiger partial charge in [0, 0.05) is 13.2 Å². The van der Waals surface area contributed by atoms with Crippen LogP contribution in [0.2, 0.25) is 0 Å². The van der Waals surface area contributed by atoms with Crippen molar-refractivity contribution in [1.29, 1.82) is 5.26 Å².